The third-order valence-electron chi connectivity index (χ3n) is 4.31. The van der Waals surface area contributed by atoms with Gasteiger partial charge in [-0.15, -0.1) is 0 Å². The minimum absolute atomic E-state index is 0.00960. The molecular formula is C12H23NO4S. The molecule has 0 aromatic rings. The summed E-state index contributed by atoms with van der Waals surface area (Å²) in [6.45, 7) is 0.732. The van der Waals surface area contributed by atoms with E-state index >= 15 is 0 Å². The first-order valence-electron chi connectivity index (χ1n) is 6.69. The van der Waals surface area contributed by atoms with Gasteiger partial charge in [-0.2, -0.15) is 0 Å². The number of rotatable bonds is 4. The van der Waals surface area contributed by atoms with Crippen molar-refractivity contribution in [2.45, 2.75) is 44.2 Å². The smallest absolute Gasteiger partial charge is 0.154 e. The number of sulfone groups is 1. The molecule has 6 heteroatoms. The summed E-state index contributed by atoms with van der Waals surface area (Å²) >= 11 is 0. The lowest BCUT2D eigenvalue weighted by Gasteiger charge is -2.37. The lowest BCUT2D eigenvalue weighted by Crippen LogP contribution is -2.47. The number of nitrogens with one attached hydrogen (secondary N) is 1. The zero-order valence-corrected chi connectivity index (χ0v) is 11.5. The first-order valence-corrected chi connectivity index (χ1v) is 8.51. The topological polar surface area (TPSA) is 86.6 Å². The minimum atomic E-state index is -3.10. The van der Waals surface area contributed by atoms with Gasteiger partial charge in [-0.1, -0.05) is 19.3 Å². The van der Waals surface area contributed by atoms with Gasteiger partial charge in [0.05, 0.1) is 17.6 Å². The van der Waals surface area contributed by atoms with Gasteiger partial charge >= 0.3 is 0 Å². The molecule has 2 rings (SSSR count). The molecule has 2 atom stereocenters. The highest BCUT2D eigenvalue weighted by Gasteiger charge is 2.38. The molecule has 2 aliphatic rings. The monoisotopic (exact) mass is 277 g/mol. The minimum Gasteiger partial charge on any atom is -0.396 e. The lowest BCUT2D eigenvalue weighted by molar-refractivity contribution is 0.0710. The average Bonchev–Trinajstić information content (AvgIpc) is 2.61. The molecule has 0 spiro atoms. The molecule has 106 valence electrons. The zero-order valence-electron chi connectivity index (χ0n) is 10.6. The van der Waals surface area contributed by atoms with E-state index in [4.69, 9.17) is 0 Å². The van der Waals surface area contributed by atoms with Crippen LogP contribution in [0, 0.1) is 5.41 Å². The van der Waals surface area contributed by atoms with Gasteiger partial charge in [0, 0.05) is 24.6 Å². The Bertz CT molecular complexity index is 376. The maximum Gasteiger partial charge on any atom is 0.154 e. The van der Waals surface area contributed by atoms with Crippen LogP contribution >= 0.6 is 0 Å². The van der Waals surface area contributed by atoms with Crippen LogP contribution in [0.15, 0.2) is 0 Å². The van der Waals surface area contributed by atoms with E-state index in [9.17, 15) is 18.6 Å². The molecule has 1 aliphatic heterocycles. The third kappa shape index (κ3) is 3.23. The Morgan fingerprint density at radius 1 is 1.17 bits per heavy atom. The van der Waals surface area contributed by atoms with Gasteiger partial charge in [0.1, 0.15) is 0 Å². The predicted molar refractivity (Wildman–Crippen MR) is 69.1 cm³/mol. The van der Waals surface area contributed by atoms with Crippen molar-refractivity contribution in [2.75, 3.05) is 24.7 Å². The molecule has 0 amide bonds. The molecule has 5 nitrogen and oxygen atoms in total. The highest BCUT2D eigenvalue weighted by Crippen LogP contribution is 2.35. The Labute approximate surface area is 109 Å². The fraction of sp³-hybridized carbons (Fsp3) is 1.00. The molecule has 1 saturated carbocycles. The van der Waals surface area contributed by atoms with Crippen LogP contribution in [0.3, 0.4) is 0 Å². The molecule has 2 fully saturated rings. The van der Waals surface area contributed by atoms with E-state index in [0.29, 0.717) is 6.54 Å². The SMILES string of the molecule is O=S1(=O)CC(O)C(NCC2(CO)CCCCC2)C1. The maximum absolute atomic E-state index is 11.4. The molecule has 0 aromatic heterocycles. The van der Waals surface area contributed by atoms with Crippen molar-refractivity contribution < 1.29 is 18.6 Å². The Balaban J connectivity index is 1.90. The van der Waals surface area contributed by atoms with Gasteiger partial charge in [-0.25, -0.2) is 8.42 Å². The molecule has 1 saturated heterocycles. The summed E-state index contributed by atoms with van der Waals surface area (Å²) in [5.41, 5.74) is -0.121. The molecule has 1 heterocycles. The van der Waals surface area contributed by atoms with E-state index in [0.717, 1.165) is 25.7 Å². The largest absolute Gasteiger partial charge is 0.396 e. The first kappa shape index (κ1) is 14.2. The molecular weight excluding hydrogens is 254 g/mol. The number of aliphatic hydroxyl groups is 2. The summed E-state index contributed by atoms with van der Waals surface area (Å²) in [6.07, 6.45) is 4.59. The van der Waals surface area contributed by atoms with Crippen molar-refractivity contribution >= 4 is 9.84 Å². The second-order valence-electron chi connectivity index (χ2n) is 5.85. The third-order valence-corrected chi connectivity index (χ3v) is 6.03. The standard InChI is InChI=1S/C12H23NO4S/c14-9-12(4-2-1-3-5-12)8-13-10-6-18(16,17)7-11(10)15/h10-11,13-15H,1-9H2. The summed E-state index contributed by atoms with van der Waals surface area (Å²) in [7, 11) is -3.10. The van der Waals surface area contributed by atoms with E-state index in [1.165, 1.54) is 6.42 Å². The van der Waals surface area contributed by atoms with Crippen molar-refractivity contribution in [1.82, 2.24) is 5.32 Å². The van der Waals surface area contributed by atoms with Crippen LogP contribution in [0.5, 0.6) is 0 Å². The fourth-order valence-electron chi connectivity index (χ4n) is 3.06. The second-order valence-corrected chi connectivity index (χ2v) is 8.00. The van der Waals surface area contributed by atoms with Crippen molar-refractivity contribution in [3.05, 3.63) is 0 Å². The highest BCUT2D eigenvalue weighted by molar-refractivity contribution is 7.91. The van der Waals surface area contributed by atoms with Crippen LogP contribution in [0.25, 0.3) is 0 Å². The van der Waals surface area contributed by atoms with Crippen LogP contribution in [-0.2, 0) is 9.84 Å². The van der Waals surface area contributed by atoms with Gasteiger partial charge in [-0.05, 0) is 12.8 Å². The summed E-state index contributed by atoms with van der Waals surface area (Å²) in [4.78, 5) is 0. The summed E-state index contributed by atoms with van der Waals surface area (Å²) in [6, 6.07) is -0.375. The van der Waals surface area contributed by atoms with E-state index in [1.807, 2.05) is 0 Å². The number of aliphatic hydroxyl groups excluding tert-OH is 2. The molecule has 0 radical (unpaired) electrons. The van der Waals surface area contributed by atoms with Gasteiger partial charge in [0.2, 0.25) is 0 Å². The first-order chi connectivity index (χ1) is 8.46. The molecule has 18 heavy (non-hydrogen) atoms. The number of hydrogen-bond donors (Lipinski definition) is 3. The van der Waals surface area contributed by atoms with Crippen LogP contribution in [0.1, 0.15) is 32.1 Å². The van der Waals surface area contributed by atoms with Crippen molar-refractivity contribution in [3.8, 4) is 0 Å². The zero-order chi connectivity index (χ0) is 13.2. The normalized spacial score (nSPS) is 34.6. The van der Waals surface area contributed by atoms with Crippen molar-refractivity contribution in [1.29, 1.82) is 0 Å². The van der Waals surface area contributed by atoms with Gasteiger partial charge in [0.15, 0.2) is 9.84 Å². The second kappa shape index (κ2) is 5.45. The Hall–Kier alpha value is -0.170. The van der Waals surface area contributed by atoms with Gasteiger partial charge in [0.25, 0.3) is 0 Å². The lowest BCUT2D eigenvalue weighted by atomic mass is 9.74. The number of hydrogen-bond acceptors (Lipinski definition) is 5. The van der Waals surface area contributed by atoms with Crippen LogP contribution in [0.2, 0.25) is 0 Å². The van der Waals surface area contributed by atoms with Crippen LogP contribution in [0.4, 0.5) is 0 Å². The van der Waals surface area contributed by atoms with E-state index < -0.39 is 15.9 Å². The van der Waals surface area contributed by atoms with Crippen molar-refractivity contribution in [2.24, 2.45) is 5.41 Å². The molecule has 2 unspecified atom stereocenters. The van der Waals surface area contributed by atoms with Crippen LogP contribution < -0.4 is 5.32 Å². The summed E-state index contributed by atoms with van der Waals surface area (Å²) in [5.74, 6) is -0.132. The molecule has 0 bridgehead atoms. The Morgan fingerprint density at radius 2 is 1.83 bits per heavy atom. The quantitative estimate of drug-likeness (QED) is 0.655. The molecule has 3 N–H and O–H groups in total. The molecule has 0 aromatic carbocycles. The maximum atomic E-state index is 11.4. The Kier molecular flexibility index (Phi) is 4.31. The summed E-state index contributed by atoms with van der Waals surface area (Å²) < 4.78 is 22.8. The fourth-order valence-corrected chi connectivity index (χ4v) is 4.84. The van der Waals surface area contributed by atoms with E-state index in [2.05, 4.69) is 5.32 Å². The van der Waals surface area contributed by atoms with Gasteiger partial charge in [-0.3, -0.25) is 0 Å². The van der Waals surface area contributed by atoms with E-state index in [1.54, 1.807) is 0 Å². The van der Waals surface area contributed by atoms with Crippen molar-refractivity contribution in [3.63, 3.8) is 0 Å². The average molecular weight is 277 g/mol. The van der Waals surface area contributed by atoms with Gasteiger partial charge < -0.3 is 15.5 Å². The van der Waals surface area contributed by atoms with E-state index in [-0.39, 0.29) is 29.6 Å². The molecule has 1 aliphatic carbocycles. The summed E-state index contributed by atoms with van der Waals surface area (Å²) in [5, 5.41) is 22.4. The highest BCUT2D eigenvalue weighted by atomic mass is 32.2. The van der Waals surface area contributed by atoms with Crippen LogP contribution in [-0.4, -0.2) is 55.4 Å². The predicted octanol–water partition coefficient (Wildman–Crippen LogP) is -0.323. The Morgan fingerprint density at radius 3 is 2.33 bits per heavy atom.